The van der Waals surface area contributed by atoms with E-state index in [2.05, 4.69) is 74.6 Å². The number of ether oxygens (including phenoxy) is 5. The molecule has 8 saturated carbocycles. The summed E-state index contributed by atoms with van der Waals surface area (Å²) in [7, 11) is 26.8. The van der Waals surface area contributed by atoms with Crippen LogP contribution in [0.2, 0.25) is 0 Å². The number of aliphatic hydroxyl groups excluding tert-OH is 3. The number of nitrogens with two attached hydrogens (primary N) is 2. The van der Waals surface area contributed by atoms with Gasteiger partial charge in [0.15, 0.2) is 0 Å². The maximum absolute atomic E-state index is 11.8. The van der Waals surface area contributed by atoms with Crippen molar-refractivity contribution in [3.05, 3.63) is 0 Å². The number of piperidine rings is 1. The van der Waals surface area contributed by atoms with Gasteiger partial charge in [0.1, 0.15) is 11.9 Å². The van der Waals surface area contributed by atoms with E-state index in [1.807, 2.05) is 75.4 Å². The van der Waals surface area contributed by atoms with Crippen molar-refractivity contribution in [3.8, 4) is 0 Å². The fourth-order valence-corrected chi connectivity index (χ4v) is 14.9. The molecule has 0 radical (unpaired) electrons. The van der Waals surface area contributed by atoms with E-state index >= 15 is 0 Å². The molecule has 636 valence electrons. The number of aliphatic hydroxyl groups is 3. The Morgan fingerprint density at radius 2 is 0.897 bits per heavy atom. The molecule has 0 aromatic rings. The van der Waals surface area contributed by atoms with Gasteiger partial charge in [-0.1, -0.05) is 38.3 Å². The Hall–Kier alpha value is -2.72. The number of likely N-dealkylation sites (N-methyl/N-ethyl adjacent to an activating group) is 3. The molecule has 0 aromatic heterocycles. The highest BCUT2D eigenvalue weighted by Gasteiger charge is 2.30. The summed E-state index contributed by atoms with van der Waals surface area (Å²) < 4.78 is 25.2. The van der Waals surface area contributed by atoms with E-state index in [1.165, 1.54) is 89.9 Å². The first-order valence-corrected chi connectivity index (χ1v) is 41.4. The van der Waals surface area contributed by atoms with Gasteiger partial charge in [0.2, 0.25) is 5.91 Å². The van der Waals surface area contributed by atoms with E-state index < -0.39 is 0 Å². The van der Waals surface area contributed by atoms with Crippen LogP contribution in [-0.4, -0.2) is 320 Å². The second-order valence-corrected chi connectivity index (χ2v) is 30.6. The van der Waals surface area contributed by atoms with Gasteiger partial charge in [-0.25, -0.2) is 0 Å². The number of likely N-dealkylation sites (tertiary alicyclic amines) is 2. The van der Waals surface area contributed by atoms with Crippen molar-refractivity contribution >= 4 is 23.4 Å². The van der Waals surface area contributed by atoms with Crippen molar-refractivity contribution in [1.29, 1.82) is 0 Å². The third kappa shape index (κ3) is 50.9. The molecule has 11 fully saturated rings. The largest absolute Gasteiger partial charge is 0.461 e. The van der Waals surface area contributed by atoms with Crippen LogP contribution in [0.5, 0.6) is 0 Å². The first-order valence-electron chi connectivity index (χ1n) is 41.4. The van der Waals surface area contributed by atoms with E-state index in [-0.39, 0.29) is 50.3 Å². The quantitative estimate of drug-likeness (QED) is 0.0504. The Labute approximate surface area is 652 Å². The lowest BCUT2D eigenvalue weighted by Crippen LogP contribution is -2.59. The Morgan fingerprint density at radius 1 is 0.495 bits per heavy atom. The number of amides is 1. The molecule has 27 nitrogen and oxygen atoms in total. The molecule has 0 aromatic carbocycles. The van der Waals surface area contributed by atoms with Crippen molar-refractivity contribution in [3.63, 3.8) is 0 Å². The van der Waals surface area contributed by atoms with Crippen molar-refractivity contribution < 1.29 is 58.6 Å². The molecule has 17 N–H and O–H groups in total. The molecule has 3 saturated heterocycles. The molecule has 0 bridgehead atoms. The number of ketones is 1. The van der Waals surface area contributed by atoms with E-state index in [9.17, 15) is 19.5 Å². The Kier molecular flexibility index (Phi) is 66.0. The summed E-state index contributed by atoms with van der Waals surface area (Å²) in [5.74, 6) is 0.437. The molecular formula is C80H169N15O12. The highest BCUT2D eigenvalue weighted by Crippen LogP contribution is 2.24. The van der Waals surface area contributed by atoms with Crippen LogP contribution in [-0.2, 0) is 38.1 Å². The topological polar surface area (TPSA) is 361 Å². The van der Waals surface area contributed by atoms with Gasteiger partial charge in [0, 0.05) is 154 Å². The standard InChI is InChI=1S/C11H21N3O2.C9H18N2O2.2C8H17NO.C7H14N2O.C7H16N2.C7H15NO.C7H13NO.C7H15NO.C6H13NO.C2H6O.CH4/c1-12-10-8-14(9-10)11(15)2-3-13-4-6-16-7-5-13;1-11-7-2-4-8(5-3-7)13-9(12)6-10;1-9-7-3-5-8(10-2)6-4-7;1-9-7-5-3-4-6-8(7)10-2;1-8-6-2-4-7(9-10)5-3-6;1-9-7-4-2-6(8)3-5-7;2*1-8-6-2-4-7(9)5-3-6;1-8-6-4-2-3-5-7(6)9;1-7-4-2-6(8)3-5-7;1-3-2;/h10,12H,2-9H2,1H3;7-8,11H,2-6,10H2,1H3;2*7-9H,3-6H2,1-2H3;6,8,10H,2-5H2,1H3;6-7,9H,2-5,8H2,1H3;6-9H,2-5H2,1H3;6,8H,2-5H2,1H3;6-9H,2-5H2,1H3;6,8H,2-5H2,1H3;1-2H3;1H4. The van der Waals surface area contributed by atoms with Gasteiger partial charge in [-0.2, -0.15) is 0 Å². The molecule has 11 aliphatic rings. The van der Waals surface area contributed by atoms with Gasteiger partial charge in [0.25, 0.3) is 0 Å². The Balaban J connectivity index is 0.00000117. The molecule has 8 aliphatic carbocycles. The number of carbonyl (C=O) groups excluding carboxylic acids is 3. The third-order valence-electron chi connectivity index (χ3n) is 22.9. The monoisotopic (exact) mass is 1530 g/mol. The predicted molar refractivity (Wildman–Crippen MR) is 439 cm³/mol. The van der Waals surface area contributed by atoms with Crippen molar-refractivity contribution in [2.45, 2.75) is 329 Å². The van der Waals surface area contributed by atoms with Crippen LogP contribution < -0.4 is 59.3 Å². The van der Waals surface area contributed by atoms with E-state index in [0.29, 0.717) is 72.7 Å². The number of morpholine rings is 1. The van der Waals surface area contributed by atoms with Crippen molar-refractivity contribution in [1.82, 2.24) is 62.6 Å². The average molecular weight is 1530 g/mol. The summed E-state index contributed by atoms with van der Waals surface area (Å²) in [4.78, 5) is 39.8. The second kappa shape index (κ2) is 67.8. The molecule has 4 atom stereocenters. The number of carbonyl (C=O) groups is 3. The summed E-state index contributed by atoms with van der Waals surface area (Å²) in [6.45, 7) is 8.27. The van der Waals surface area contributed by atoms with E-state index in [4.69, 9.17) is 45.8 Å². The van der Waals surface area contributed by atoms with Gasteiger partial charge in [-0.15, -0.1) is 0 Å². The normalized spacial score (nSPS) is 29.1. The minimum Gasteiger partial charge on any atom is -0.461 e. The zero-order valence-corrected chi connectivity index (χ0v) is 69.6. The molecule has 0 spiro atoms. The van der Waals surface area contributed by atoms with Crippen molar-refractivity contribution in [2.24, 2.45) is 16.6 Å². The molecule has 107 heavy (non-hydrogen) atoms. The van der Waals surface area contributed by atoms with Gasteiger partial charge >= 0.3 is 5.97 Å². The first-order chi connectivity index (χ1) is 51.2. The van der Waals surface area contributed by atoms with E-state index in [1.54, 1.807) is 21.3 Å². The fourth-order valence-electron chi connectivity index (χ4n) is 14.9. The van der Waals surface area contributed by atoms with Crippen molar-refractivity contribution in [2.75, 3.05) is 164 Å². The highest BCUT2D eigenvalue weighted by molar-refractivity contribution is 5.84. The first kappa shape index (κ1) is 104. The van der Waals surface area contributed by atoms with Gasteiger partial charge in [0.05, 0.1) is 56.0 Å². The van der Waals surface area contributed by atoms with E-state index in [0.717, 1.165) is 205 Å². The number of Topliss-reactive ketones (excluding diaryl/α,β-unsaturated/α-hetero) is 1. The minimum absolute atomic E-state index is 0. The summed E-state index contributed by atoms with van der Waals surface area (Å²) in [6.07, 6.45) is 39.2. The lowest BCUT2D eigenvalue weighted by molar-refractivity contribution is -0.149. The smallest absolute Gasteiger partial charge is 0.319 e. The molecule has 11 rings (SSSR count). The number of rotatable bonds is 16. The minimum atomic E-state index is -0.284. The molecule has 4 unspecified atom stereocenters. The average Bonchev–Trinajstić information content (AvgIpc) is 0.843. The second-order valence-electron chi connectivity index (χ2n) is 30.6. The summed E-state index contributed by atoms with van der Waals surface area (Å²) in [5.41, 5.74) is 11.8. The number of hydrogen-bond acceptors (Lipinski definition) is 26. The van der Waals surface area contributed by atoms with Gasteiger partial charge in [-0.3, -0.25) is 19.3 Å². The van der Waals surface area contributed by atoms with Crippen LogP contribution in [0.3, 0.4) is 0 Å². The van der Waals surface area contributed by atoms with Gasteiger partial charge in [-0.05, 0) is 250 Å². The van der Waals surface area contributed by atoms with Crippen LogP contribution in [0.1, 0.15) is 232 Å². The zero-order chi connectivity index (χ0) is 78.7. The predicted octanol–water partition coefficient (Wildman–Crippen LogP) is 5.65. The number of nitrogens with zero attached hydrogens (tertiary/aromatic N) is 4. The fraction of sp³-hybridized carbons (Fsp3) is 0.950. The van der Waals surface area contributed by atoms with Crippen LogP contribution in [0.4, 0.5) is 0 Å². The third-order valence-corrected chi connectivity index (χ3v) is 22.9. The molecular weight excluding hydrogens is 1360 g/mol. The number of oxime groups is 1. The summed E-state index contributed by atoms with van der Waals surface area (Å²) in [6, 6.07) is 5.91. The molecule has 3 aliphatic heterocycles. The number of hydrogen-bond donors (Lipinski definition) is 15. The van der Waals surface area contributed by atoms with Crippen LogP contribution in [0, 0.1) is 0 Å². The number of methoxy groups -OCH3 is 3. The maximum Gasteiger partial charge on any atom is 0.319 e. The maximum atomic E-state index is 11.8. The number of nitrogens with one attached hydrogen (secondary N) is 9. The Morgan fingerprint density at radius 3 is 1.29 bits per heavy atom. The lowest BCUT2D eigenvalue weighted by Gasteiger charge is -2.39. The highest BCUT2D eigenvalue weighted by atomic mass is 16.5. The summed E-state index contributed by atoms with van der Waals surface area (Å²) >= 11 is 0. The zero-order valence-electron chi connectivity index (χ0n) is 69.6. The lowest BCUT2D eigenvalue weighted by atomic mass is 9.92. The summed E-state index contributed by atoms with van der Waals surface area (Å²) in [5, 5.41) is 68.0. The van der Waals surface area contributed by atoms with Gasteiger partial charge < -0.3 is 113 Å². The molecule has 27 heteroatoms. The molecule has 3 heterocycles. The van der Waals surface area contributed by atoms with Crippen LogP contribution in [0.25, 0.3) is 0 Å². The number of esters is 1. The Bertz CT molecular complexity index is 2000. The van der Waals surface area contributed by atoms with Crippen LogP contribution >= 0.6 is 0 Å². The van der Waals surface area contributed by atoms with Crippen LogP contribution in [0.15, 0.2) is 5.16 Å². The molecule has 1 amide bonds. The SMILES string of the molecule is C.CN1CCC(O)CC1.CNC1CCC(=NO)CC1.CNC1CCC(=O)CC1.CNC1CCC(N)CC1.CNC1CCC(O)CC1.CNC1CCC(OC(=O)CN)CC1.CNC1CCC(OC)CC1.CNC1CCCCC1O.CNC1CCCCC1OC.CNC1CN(C(=O)CCN2CCOCC2)C1.COC.